The molecule has 106 valence electrons. The molecule has 0 amide bonds. The highest BCUT2D eigenvalue weighted by Crippen LogP contribution is 2.30. The molecule has 1 atom stereocenters. The van der Waals surface area contributed by atoms with Crippen LogP contribution in [0.15, 0.2) is 42.5 Å². The Hall–Kier alpha value is -1.74. The number of aryl methyl sites for hydroxylation is 1. The molecule has 0 aliphatic rings. The van der Waals surface area contributed by atoms with E-state index in [2.05, 4.69) is 6.92 Å². The molecular formula is C17H18F2O. The summed E-state index contributed by atoms with van der Waals surface area (Å²) >= 11 is 0. The smallest absolute Gasteiger partial charge is 0.126 e. The molecule has 2 aromatic carbocycles. The van der Waals surface area contributed by atoms with Crippen LogP contribution >= 0.6 is 0 Å². The summed E-state index contributed by atoms with van der Waals surface area (Å²) in [5.74, 6) is -1.38. The molecule has 0 spiro atoms. The summed E-state index contributed by atoms with van der Waals surface area (Å²) in [5, 5.41) is 10.7. The van der Waals surface area contributed by atoms with Crippen molar-refractivity contribution in [2.75, 3.05) is 0 Å². The van der Waals surface area contributed by atoms with Crippen molar-refractivity contribution < 1.29 is 13.9 Å². The van der Waals surface area contributed by atoms with Crippen LogP contribution < -0.4 is 0 Å². The summed E-state index contributed by atoms with van der Waals surface area (Å²) in [7, 11) is 0. The lowest BCUT2D eigenvalue weighted by Gasteiger charge is -2.25. The van der Waals surface area contributed by atoms with Crippen LogP contribution in [0, 0.1) is 11.6 Å². The fourth-order valence-corrected chi connectivity index (χ4v) is 2.32. The van der Waals surface area contributed by atoms with Gasteiger partial charge in [0.1, 0.15) is 17.2 Å². The van der Waals surface area contributed by atoms with Crippen molar-refractivity contribution in [1.82, 2.24) is 0 Å². The molecule has 0 saturated carbocycles. The first-order valence-corrected chi connectivity index (χ1v) is 6.72. The van der Waals surface area contributed by atoms with Crippen molar-refractivity contribution in [3.05, 3.63) is 70.8 Å². The molecule has 20 heavy (non-hydrogen) atoms. The van der Waals surface area contributed by atoms with Gasteiger partial charge in [-0.1, -0.05) is 37.6 Å². The molecule has 0 heterocycles. The third-order valence-corrected chi connectivity index (χ3v) is 3.45. The number of benzene rings is 2. The zero-order chi connectivity index (χ0) is 14.8. The lowest BCUT2D eigenvalue weighted by atomic mass is 9.87. The molecule has 0 bridgehead atoms. The number of hydrogen-bond acceptors (Lipinski definition) is 1. The van der Waals surface area contributed by atoms with Gasteiger partial charge in [0.05, 0.1) is 0 Å². The first kappa shape index (κ1) is 14.7. The van der Waals surface area contributed by atoms with Gasteiger partial charge in [-0.05, 0) is 42.2 Å². The van der Waals surface area contributed by atoms with Gasteiger partial charge in [0.2, 0.25) is 0 Å². The van der Waals surface area contributed by atoms with Crippen molar-refractivity contribution in [1.29, 1.82) is 0 Å². The topological polar surface area (TPSA) is 20.2 Å². The second kappa shape index (κ2) is 5.71. The van der Waals surface area contributed by atoms with Crippen LogP contribution in [0.1, 0.15) is 37.0 Å². The fourth-order valence-electron chi connectivity index (χ4n) is 2.32. The molecule has 1 unspecified atom stereocenters. The fraction of sp³-hybridized carbons (Fsp3) is 0.294. The van der Waals surface area contributed by atoms with E-state index in [1.807, 2.05) is 18.2 Å². The van der Waals surface area contributed by atoms with Gasteiger partial charge >= 0.3 is 0 Å². The maximum atomic E-state index is 13.3. The van der Waals surface area contributed by atoms with E-state index in [9.17, 15) is 13.9 Å². The van der Waals surface area contributed by atoms with E-state index in [1.54, 1.807) is 13.0 Å². The Bertz CT molecular complexity index is 585. The van der Waals surface area contributed by atoms with E-state index < -0.39 is 17.2 Å². The van der Waals surface area contributed by atoms with Gasteiger partial charge in [0.25, 0.3) is 0 Å². The number of halogens is 2. The van der Waals surface area contributed by atoms with Gasteiger partial charge < -0.3 is 5.11 Å². The summed E-state index contributed by atoms with van der Waals surface area (Å²) in [4.78, 5) is 0. The largest absolute Gasteiger partial charge is 0.381 e. The summed E-state index contributed by atoms with van der Waals surface area (Å²) in [5.41, 5.74) is 0.520. The minimum absolute atomic E-state index is 0.212. The van der Waals surface area contributed by atoms with Crippen LogP contribution in [-0.4, -0.2) is 5.11 Å². The van der Waals surface area contributed by atoms with Crippen LogP contribution in [-0.2, 0) is 12.0 Å². The van der Waals surface area contributed by atoms with Crippen molar-refractivity contribution in [2.24, 2.45) is 0 Å². The second-order valence-electron chi connectivity index (χ2n) is 5.18. The van der Waals surface area contributed by atoms with Crippen LogP contribution in [0.5, 0.6) is 0 Å². The standard InChI is InChI=1S/C17H18F2O/c1-3-5-12-6-4-7-13(8-12)17(2,20)14-9-15(18)11-16(19)10-14/h4,6-11,20H,3,5H2,1-2H3. The molecule has 2 rings (SSSR count). The van der Waals surface area contributed by atoms with Gasteiger partial charge in [-0.3, -0.25) is 0 Å². The quantitative estimate of drug-likeness (QED) is 0.888. The molecule has 1 nitrogen and oxygen atoms in total. The Balaban J connectivity index is 2.45. The van der Waals surface area contributed by atoms with E-state index in [4.69, 9.17) is 0 Å². The highest BCUT2D eigenvalue weighted by Gasteiger charge is 2.27. The van der Waals surface area contributed by atoms with Crippen LogP contribution in [0.25, 0.3) is 0 Å². The van der Waals surface area contributed by atoms with Crippen LogP contribution in [0.4, 0.5) is 8.78 Å². The molecule has 3 heteroatoms. The number of rotatable bonds is 4. The molecular weight excluding hydrogens is 258 g/mol. The van der Waals surface area contributed by atoms with Crippen LogP contribution in [0.2, 0.25) is 0 Å². The molecule has 0 aliphatic heterocycles. The average molecular weight is 276 g/mol. The normalized spacial score (nSPS) is 14.1. The van der Waals surface area contributed by atoms with Gasteiger partial charge in [0, 0.05) is 6.07 Å². The Labute approximate surface area is 117 Å². The predicted octanol–water partition coefficient (Wildman–Crippen LogP) is 4.17. The number of hydrogen-bond donors (Lipinski definition) is 1. The molecule has 0 aromatic heterocycles. The lowest BCUT2D eigenvalue weighted by Crippen LogP contribution is -2.23. The molecule has 0 saturated heterocycles. The summed E-state index contributed by atoms with van der Waals surface area (Å²) in [6.45, 7) is 3.62. The predicted molar refractivity (Wildman–Crippen MR) is 75.5 cm³/mol. The Morgan fingerprint density at radius 2 is 1.65 bits per heavy atom. The van der Waals surface area contributed by atoms with E-state index in [0.717, 1.165) is 36.6 Å². The van der Waals surface area contributed by atoms with Gasteiger partial charge in [-0.2, -0.15) is 0 Å². The molecule has 0 aliphatic carbocycles. The van der Waals surface area contributed by atoms with E-state index in [1.165, 1.54) is 0 Å². The Morgan fingerprint density at radius 3 is 2.25 bits per heavy atom. The minimum Gasteiger partial charge on any atom is -0.381 e. The SMILES string of the molecule is CCCc1cccc(C(C)(O)c2cc(F)cc(F)c2)c1. The number of aliphatic hydroxyl groups is 1. The van der Waals surface area contributed by atoms with Crippen LogP contribution in [0.3, 0.4) is 0 Å². The van der Waals surface area contributed by atoms with E-state index in [-0.39, 0.29) is 5.56 Å². The first-order valence-electron chi connectivity index (χ1n) is 6.72. The van der Waals surface area contributed by atoms with E-state index in [0.29, 0.717) is 5.56 Å². The molecule has 2 aromatic rings. The maximum absolute atomic E-state index is 13.3. The molecule has 0 radical (unpaired) electrons. The minimum atomic E-state index is -1.42. The van der Waals surface area contributed by atoms with E-state index >= 15 is 0 Å². The summed E-state index contributed by atoms with van der Waals surface area (Å²) in [6.07, 6.45) is 1.90. The third kappa shape index (κ3) is 3.05. The monoisotopic (exact) mass is 276 g/mol. The van der Waals surface area contributed by atoms with Crippen molar-refractivity contribution >= 4 is 0 Å². The highest BCUT2D eigenvalue weighted by molar-refractivity contribution is 5.37. The average Bonchev–Trinajstić information content (AvgIpc) is 2.38. The van der Waals surface area contributed by atoms with Gasteiger partial charge in [0.15, 0.2) is 0 Å². The van der Waals surface area contributed by atoms with Crippen molar-refractivity contribution in [3.63, 3.8) is 0 Å². The van der Waals surface area contributed by atoms with Gasteiger partial charge in [-0.25, -0.2) is 8.78 Å². The highest BCUT2D eigenvalue weighted by atomic mass is 19.1. The summed E-state index contributed by atoms with van der Waals surface area (Å²) in [6, 6.07) is 10.6. The second-order valence-corrected chi connectivity index (χ2v) is 5.18. The van der Waals surface area contributed by atoms with Crippen molar-refractivity contribution in [3.8, 4) is 0 Å². The maximum Gasteiger partial charge on any atom is 0.126 e. The van der Waals surface area contributed by atoms with Crippen molar-refractivity contribution in [2.45, 2.75) is 32.3 Å². The zero-order valence-corrected chi connectivity index (χ0v) is 11.7. The molecule has 0 fully saturated rings. The lowest BCUT2D eigenvalue weighted by molar-refractivity contribution is 0.101. The van der Waals surface area contributed by atoms with Gasteiger partial charge in [-0.15, -0.1) is 0 Å². The molecule has 1 N–H and O–H groups in total. The zero-order valence-electron chi connectivity index (χ0n) is 11.7. The summed E-state index contributed by atoms with van der Waals surface area (Å²) < 4.78 is 26.6. The third-order valence-electron chi connectivity index (χ3n) is 3.45. The first-order chi connectivity index (χ1) is 9.43. The Kier molecular flexibility index (Phi) is 4.19. The Morgan fingerprint density at radius 1 is 1.00 bits per heavy atom.